The number of allylic oxidation sites excluding steroid dienone is 2. The van der Waals surface area contributed by atoms with Crippen LogP contribution in [0.25, 0.3) is 0 Å². The fourth-order valence-electron chi connectivity index (χ4n) is 5.47. The summed E-state index contributed by atoms with van der Waals surface area (Å²) in [5, 5.41) is 14.0. The number of halogens is 3. The fraction of sp³-hybridized carbons (Fsp3) is 0.720. The molecule has 12 heteroatoms. The van der Waals surface area contributed by atoms with E-state index in [4.69, 9.17) is 0 Å². The first-order valence-electron chi connectivity index (χ1n) is 12.6. The van der Waals surface area contributed by atoms with Crippen molar-refractivity contribution in [3.8, 4) is 6.07 Å². The normalized spacial score (nSPS) is 32.2. The average Bonchev–Trinajstić information content (AvgIpc) is 3.16. The SMILES string of the molecule is CN1CCC/C=C\CC[C@H](NC(=O)C(F)(F)F)C(=O)N2C[C@H]3[C@@H]([C@H]2C(=O)N[C@H](C#N)CCC1=O)C3(C)C. The van der Waals surface area contributed by atoms with Gasteiger partial charge >= 0.3 is 12.1 Å². The molecule has 0 bridgehead atoms. The number of rotatable bonds is 1. The van der Waals surface area contributed by atoms with E-state index >= 15 is 0 Å². The molecule has 0 aromatic heterocycles. The van der Waals surface area contributed by atoms with Crippen LogP contribution in [-0.2, 0) is 19.2 Å². The van der Waals surface area contributed by atoms with Crippen LogP contribution in [0.4, 0.5) is 13.2 Å². The Kier molecular flexibility index (Phi) is 8.55. The van der Waals surface area contributed by atoms with Gasteiger partial charge in [-0.3, -0.25) is 19.2 Å². The van der Waals surface area contributed by atoms with Gasteiger partial charge < -0.3 is 20.4 Å². The predicted octanol–water partition coefficient (Wildman–Crippen LogP) is 1.89. The lowest BCUT2D eigenvalue weighted by molar-refractivity contribution is -0.175. The van der Waals surface area contributed by atoms with Crippen molar-refractivity contribution in [2.24, 2.45) is 17.3 Å². The Morgan fingerprint density at radius 1 is 1.19 bits per heavy atom. The number of nitriles is 1. The second-order valence-corrected chi connectivity index (χ2v) is 10.6. The zero-order valence-corrected chi connectivity index (χ0v) is 21.3. The number of hydrogen-bond acceptors (Lipinski definition) is 5. The Morgan fingerprint density at radius 2 is 1.86 bits per heavy atom. The van der Waals surface area contributed by atoms with Gasteiger partial charge in [-0.25, -0.2) is 0 Å². The zero-order chi connectivity index (χ0) is 27.5. The Labute approximate surface area is 214 Å². The molecule has 0 aromatic rings. The third-order valence-electron chi connectivity index (χ3n) is 7.82. The molecule has 0 spiro atoms. The highest BCUT2D eigenvalue weighted by atomic mass is 19.4. The van der Waals surface area contributed by atoms with E-state index in [-0.39, 0.29) is 55.4 Å². The van der Waals surface area contributed by atoms with Gasteiger partial charge in [0.25, 0.3) is 0 Å². The van der Waals surface area contributed by atoms with Crippen molar-refractivity contribution in [2.45, 2.75) is 76.7 Å². The Balaban J connectivity index is 1.88. The third kappa shape index (κ3) is 6.43. The van der Waals surface area contributed by atoms with Crippen LogP contribution < -0.4 is 10.6 Å². The summed E-state index contributed by atoms with van der Waals surface area (Å²) >= 11 is 0. The van der Waals surface area contributed by atoms with Gasteiger partial charge in [0, 0.05) is 26.6 Å². The van der Waals surface area contributed by atoms with Crippen LogP contribution in [-0.4, -0.2) is 77.9 Å². The van der Waals surface area contributed by atoms with Crippen LogP contribution in [0.2, 0.25) is 0 Å². The zero-order valence-electron chi connectivity index (χ0n) is 21.3. The number of nitrogens with one attached hydrogen (secondary N) is 2. The second kappa shape index (κ2) is 11.1. The second-order valence-electron chi connectivity index (χ2n) is 10.6. The van der Waals surface area contributed by atoms with Gasteiger partial charge in [-0.2, -0.15) is 18.4 Å². The topological polar surface area (TPSA) is 123 Å². The Morgan fingerprint density at radius 3 is 2.51 bits per heavy atom. The Hall–Kier alpha value is -3.10. The van der Waals surface area contributed by atoms with Gasteiger partial charge in [-0.05, 0) is 49.4 Å². The van der Waals surface area contributed by atoms with E-state index in [2.05, 4.69) is 5.32 Å². The van der Waals surface area contributed by atoms with E-state index in [0.29, 0.717) is 19.4 Å². The van der Waals surface area contributed by atoms with Crippen LogP contribution in [0.1, 0.15) is 52.4 Å². The van der Waals surface area contributed by atoms with Crippen LogP contribution >= 0.6 is 0 Å². The van der Waals surface area contributed by atoms with Gasteiger partial charge in [-0.15, -0.1) is 0 Å². The number of carbonyl (C=O) groups excluding carboxylic acids is 4. The van der Waals surface area contributed by atoms with Crippen molar-refractivity contribution >= 4 is 23.6 Å². The molecule has 2 aliphatic heterocycles. The van der Waals surface area contributed by atoms with Gasteiger partial charge in [0.05, 0.1) is 6.07 Å². The first-order chi connectivity index (χ1) is 17.3. The van der Waals surface area contributed by atoms with Gasteiger partial charge in [0.1, 0.15) is 18.1 Å². The number of carbonyl (C=O) groups is 4. The summed E-state index contributed by atoms with van der Waals surface area (Å²) < 4.78 is 39.0. The van der Waals surface area contributed by atoms with Crippen molar-refractivity contribution in [1.29, 1.82) is 5.26 Å². The highest BCUT2D eigenvalue weighted by molar-refractivity contribution is 5.94. The summed E-state index contributed by atoms with van der Waals surface area (Å²) in [5.74, 6) is -3.95. The summed E-state index contributed by atoms with van der Waals surface area (Å²) in [6.07, 6.45) is -0.0103. The molecular weight excluding hydrogens is 491 g/mol. The Bertz CT molecular complexity index is 990. The average molecular weight is 526 g/mol. The lowest BCUT2D eigenvalue weighted by Gasteiger charge is -2.33. The molecule has 1 aliphatic carbocycles. The smallest absolute Gasteiger partial charge is 0.346 e. The molecule has 0 unspecified atom stereocenters. The lowest BCUT2D eigenvalue weighted by atomic mass is 9.98. The molecule has 3 aliphatic rings. The molecule has 2 N–H and O–H groups in total. The van der Waals surface area contributed by atoms with E-state index in [9.17, 15) is 37.6 Å². The van der Waals surface area contributed by atoms with Crippen molar-refractivity contribution in [2.75, 3.05) is 20.1 Å². The standard InChI is InChI=1S/C25H34F3N5O4/c1-24(2)16-14-33-20(19(16)24)21(35)30-15(13-29)10-11-18(34)32(3)12-8-6-4-5-7-9-17(22(33)36)31-23(37)25(26,27)28/h4-5,15-17,19-20H,6-12,14H2,1-3H3,(H,30,35)(H,31,37)/b5-4-/t15-,16-,17-,19-,20-/m0/s1. The summed E-state index contributed by atoms with van der Waals surface area (Å²) in [4.78, 5) is 53.7. The van der Waals surface area contributed by atoms with Crippen molar-refractivity contribution in [3.63, 3.8) is 0 Å². The number of hydrogen-bond donors (Lipinski definition) is 2. The highest BCUT2D eigenvalue weighted by Crippen LogP contribution is 2.64. The third-order valence-corrected chi connectivity index (χ3v) is 7.82. The van der Waals surface area contributed by atoms with Crippen LogP contribution in [0.3, 0.4) is 0 Å². The van der Waals surface area contributed by atoms with E-state index in [1.54, 1.807) is 18.0 Å². The molecule has 3 rings (SSSR count). The fourth-order valence-corrected chi connectivity index (χ4v) is 5.47. The monoisotopic (exact) mass is 525 g/mol. The minimum Gasteiger partial charge on any atom is -0.346 e. The first kappa shape index (κ1) is 28.5. The number of alkyl halides is 3. The predicted molar refractivity (Wildman–Crippen MR) is 126 cm³/mol. The number of piperidine rings is 1. The van der Waals surface area contributed by atoms with Crippen molar-refractivity contribution in [1.82, 2.24) is 20.4 Å². The van der Waals surface area contributed by atoms with E-state index in [0.717, 1.165) is 0 Å². The molecule has 37 heavy (non-hydrogen) atoms. The maximum Gasteiger partial charge on any atom is 0.471 e. The molecule has 4 amide bonds. The highest BCUT2D eigenvalue weighted by Gasteiger charge is 2.69. The molecule has 9 nitrogen and oxygen atoms in total. The van der Waals surface area contributed by atoms with E-state index in [1.807, 2.05) is 31.3 Å². The van der Waals surface area contributed by atoms with Gasteiger partial charge in [0.15, 0.2) is 0 Å². The molecule has 1 saturated heterocycles. The molecule has 0 aromatic carbocycles. The van der Waals surface area contributed by atoms with Crippen molar-refractivity contribution < 1.29 is 32.3 Å². The van der Waals surface area contributed by atoms with Crippen LogP contribution in [0, 0.1) is 28.6 Å². The largest absolute Gasteiger partial charge is 0.471 e. The number of amides is 4. The minimum absolute atomic E-state index is 0.0315. The quantitative estimate of drug-likeness (QED) is 0.507. The van der Waals surface area contributed by atoms with Gasteiger partial charge in [-0.1, -0.05) is 26.0 Å². The van der Waals surface area contributed by atoms with E-state index < -0.39 is 42.0 Å². The van der Waals surface area contributed by atoms with E-state index in [1.165, 1.54) is 4.90 Å². The maximum absolute atomic E-state index is 13.5. The molecule has 5 atom stereocenters. The summed E-state index contributed by atoms with van der Waals surface area (Å²) in [6, 6.07) is -1.42. The molecular formula is C25H34F3N5O4. The molecule has 1 saturated carbocycles. The maximum atomic E-state index is 13.5. The first-order valence-corrected chi connectivity index (χ1v) is 12.6. The van der Waals surface area contributed by atoms with Crippen LogP contribution in [0.15, 0.2) is 12.2 Å². The summed E-state index contributed by atoms with van der Waals surface area (Å²) in [5.41, 5.74) is -0.260. The van der Waals surface area contributed by atoms with Crippen molar-refractivity contribution in [3.05, 3.63) is 12.2 Å². The molecule has 2 fully saturated rings. The number of nitrogens with zero attached hydrogens (tertiary/aromatic N) is 3. The van der Waals surface area contributed by atoms with Gasteiger partial charge in [0.2, 0.25) is 17.7 Å². The molecule has 204 valence electrons. The minimum atomic E-state index is -5.16. The summed E-state index contributed by atoms with van der Waals surface area (Å²) in [6.45, 7) is 4.55. The number of fused-ring (bicyclic) bond motifs is 3. The lowest BCUT2D eigenvalue weighted by Crippen LogP contribution is -2.57. The molecule has 0 radical (unpaired) electrons. The van der Waals surface area contributed by atoms with Crippen LogP contribution in [0.5, 0.6) is 0 Å². The summed E-state index contributed by atoms with van der Waals surface area (Å²) in [7, 11) is 1.66. The molecule has 2 heterocycles.